The number of carbonyl (C=O) groups excluding carboxylic acids is 1. The van der Waals surface area contributed by atoms with Crippen LogP contribution in [0, 0.1) is 5.92 Å². The number of nitrogens with one attached hydrogen (secondary N) is 2. The summed E-state index contributed by atoms with van der Waals surface area (Å²) >= 11 is 0. The zero-order valence-electron chi connectivity index (χ0n) is 14.4. The summed E-state index contributed by atoms with van der Waals surface area (Å²) in [7, 11) is 0. The van der Waals surface area contributed by atoms with E-state index < -0.39 is 0 Å². The monoisotopic (exact) mass is 331 g/mol. The van der Waals surface area contributed by atoms with Gasteiger partial charge in [-0.15, -0.1) is 0 Å². The fraction of sp³-hybridized carbons (Fsp3) is 0.632. The molecule has 0 spiro atoms. The fourth-order valence-electron chi connectivity index (χ4n) is 3.37. The highest BCUT2D eigenvalue weighted by Crippen LogP contribution is 2.14. The molecule has 2 heterocycles. The molecule has 5 heteroatoms. The first-order chi connectivity index (χ1) is 11.8. The summed E-state index contributed by atoms with van der Waals surface area (Å²) < 4.78 is 5.38. The summed E-state index contributed by atoms with van der Waals surface area (Å²) in [6.45, 7) is 7.46. The lowest BCUT2D eigenvalue weighted by Gasteiger charge is -2.26. The average Bonchev–Trinajstić information content (AvgIpc) is 3.14. The Kier molecular flexibility index (Phi) is 6.64. The van der Waals surface area contributed by atoms with Crippen molar-refractivity contribution in [2.45, 2.75) is 32.4 Å². The van der Waals surface area contributed by atoms with Gasteiger partial charge in [0.25, 0.3) is 0 Å². The van der Waals surface area contributed by atoms with E-state index in [-0.39, 0.29) is 5.91 Å². The normalized spacial score (nSPS) is 21.8. The molecular weight excluding hydrogens is 302 g/mol. The highest BCUT2D eigenvalue weighted by atomic mass is 16.5. The van der Waals surface area contributed by atoms with Gasteiger partial charge >= 0.3 is 0 Å². The summed E-state index contributed by atoms with van der Waals surface area (Å²) in [4.78, 5) is 14.4. The molecule has 1 aromatic rings. The first-order valence-corrected chi connectivity index (χ1v) is 9.15. The third-order valence-electron chi connectivity index (χ3n) is 4.96. The molecule has 0 radical (unpaired) electrons. The topological polar surface area (TPSA) is 53.6 Å². The zero-order valence-corrected chi connectivity index (χ0v) is 14.4. The van der Waals surface area contributed by atoms with Gasteiger partial charge in [0.15, 0.2) is 0 Å². The van der Waals surface area contributed by atoms with E-state index in [2.05, 4.69) is 39.8 Å². The Morgan fingerprint density at radius 1 is 1.21 bits per heavy atom. The maximum atomic E-state index is 12.0. The predicted octanol–water partition coefficient (Wildman–Crippen LogP) is 1.52. The van der Waals surface area contributed by atoms with Crippen molar-refractivity contribution in [1.82, 2.24) is 15.5 Å². The van der Waals surface area contributed by atoms with E-state index in [1.165, 1.54) is 12.0 Å². The second kappa shape index (κ2) is 9.16. The van der Waals surface area contributed by atoms with Gasteiger partial charge in [0.1, 0.15) is 0 Å². The van der Waals surface area contributed by atoms with Gasteiger partial charge in [-0.25, -0.2) is 0 Å². The van der Waals surface area contributed by atoms with Gasteiger partial charge < -0.3 is 15.4 Å². The number of ether oxygens (including phenoxy) is 1. The first kappa shape index (κ1) is 17.4. The van der Waals surface area contributed by atoms with E-state index in [0.717, 1.165) is 57.9 Å². The quantitative estimate of drug-likeness (QED) is 0.795. The molecule has 1 amide bonds. The van der Waals surface area contributed by atoms with E-state index in [1.54, 1.807) is 0 Å². The van der Waals surface area contributed by atoms with Crippen molar-refractivity contribution >= 4 is 5.91 Å². The van der Waals surface area contributed by atoms with Crippen LogP contribution in [0.3, 0.4) is 0 Å². The van der Waals surface area contributed by atoms with Crippen LogP contribution in [0.2, 0.25) is 0 Å². The third-order valence-corrected chi connectivity index (χ3v) is 4.96. The minimum absolute atomic E-state index is 0.166. The number of amides is 1. The molecule has 1 unspecified atom stereocenters. The molecule has 0 aromatic heterocycles. The van der Waals surface area contributed by atoms with Crippen molar-refractivity contribution in [2.75, 3.05) is 39.4 Å². The summed E-state index contributed by atoms with van der Waals surface area (Å²) in [5, 5.41) is 6.38. The molecule has 0 bridgehead atoms. The van der Waals surface area contributed by atoms with E-state index in [0.29, 0.717) is 18.9 Å². The van der Waals surface area contributed by atoms with Gasteiger partial charge in [0.05, 0.1) is 13.2 Å². The minimum atomic E-state index is 0.166. The Hall–Kier alpha value is -1.43. The molecule has 1 atom stereocenters. The standard InChI is InChI=1S/C19H29N3O2/c23-19(6-5-17-7-8-20-13-17)21-14-16-1-3-18(4-2-16)15-22-9-11-24-12-10-22/h1-4,17,20H,5-15H2,(H,21,23). The smallest absolute Gasteiger partial charge is 0.220 e. The largest absolute Gasteiger partial charge is 0.379 e. The molecular formula is C19H29N3O2. The van der Waals surface area contributed by atoms with E-state index in [1.807, 2.05) is 0 Å². The van der Waals surface area contributed by atoms with Crippen LogP contribution < -0.4 is 10.6 Å². The molecule has 2 N–H and O–H groups in total. The number of morpholine rings is 1. The number of carbonyl (C=O) groups is 1. The molecule has 0 saturated carbocycles. The molecule has 2 aliphatic rings. The van der Waals surface area contributed by atoms with Crippen LogP contribution in [0.15, 0.2) is 24.3 Å². The lowest BCUT2D eigenvalue weighted by atomic mass is 10.0. The van der Waals surface area contributed by atoms with Crippen molar-refractivity contribution < 1.29 is 9.53 Å². The third kappa shape index (κ3) is 5.58. The van der Waals surface area contributed by atoms with Crippen LogP contribution in [0.1, 0.15) is 30.4 Å². The summed E-state index contributed by atoms with van der Waals surface area (Å²) in [5.74, 6) is 0.842. The number of nitrogens with zero attached hydrogens (tertiary/aromatic N) is 1. The summed E-state index contributed by atoms with van der Waals surface area (Å²) in [6, 6.07) is 8.58. The van der Waals surface area contributed by atoms with Gasteiger partial charge in [-0.1, -0.05) is 24.3 Å². The number of benzene rings is 1. The van der Waals surface area contributed by atoms with Gasteiger partial charge in [0, 0.05) is 32.6 Å². The van der Waals surface area contributed by atoms with Crippen LogP contribution in [0.25, 0.3) is 0 Å². The lowest BCUT2D eigenvalue weighted by Crippen LogP contribution is -2.35. The van der Waals surface area contributed by atoms with E-state index in [4.69, 9.17) is 4.74 Å². The summed E-state index contributed by atoms with van der Waals surface area (Å²) in [6.07, 6.45) is 2.84. The second-order valence-corrected chi connectivity index (χ2v) is 6.88. The molecule has 1 aromatic carbocycles. The minimum Gasteiger partial charge on any atom is -0.379 e. The van der Waals surface area contributed by atoms with Crippen LogP contribution in [-0.4, -0.2) is 50.2 Å². The molecule has 3 rings (SSSR count). The SMILES string of the molecule is O=C(CCC1CCNC1)NCc1ccc(CN2CCOCC2)cc1. The fourth-order valence-corrected chi connectivity index (χ4v) is 3.37. The van der Waals surface area contributed by atoms with Crippen LogP contribution in [0.4, 0.5) is 0 Å². The zero-order chi connectivity index (χ0) is 16.6. The van der Waals surface area contributed by atoms with Gasteiger partial charge in [-0.05, 0) is 43.0 Å². The van der Waals surface area contributed by atoms with Gasteiger partial charge in [-0.2, -0.15) is 0 Å². The van der Waals surface area contributed by atoms with Gasteiger partial charge in [-0.3, -0.25) is 9.69 Å². The maximum absolute atomic E-state index is 12.0. The van der Waals surface area contributed by atoms with Crippen molar-refractivity contribution in [3.63, 3.8) is 0 Å². The lowest BCUT2D eigenvalue weighted by molar-refractivity contribution is -0.121. The molecule has 0 aliphatic carbocycles. The first-order valence-electron chi connectivity index (χ1n) is 9.15. The Balaban J connectivity index is 1.36. The highest BCUT2D eigenvalue weighted by Gasteiger charge is 2.15. The maximum Gasteiger partial charge on any atom is 0.220 e. The molecule has 5 nitrogen and oxygen atoms in total. The van der Waals surface area contributed by atoms with Crippen molar-refractivity contribution in [1.29, 1.82) is 0 Å². The average molecular weight is 331 g/mol. The van der Waals surface area contributed by atoms with E-state index >= 15 is 0 Å². The van der Waals surface area contributed by atoms with Crippen molar-refractivity contribution in [3.8, 4) is 0 Å². The molecule has 2 aliphatic heterocycles. The van der Waals surface area contributed by atoms with Crippen LogP contribution >= 0.6 is 0 Å². The van der Waals surface area contributed by atoms with Crippen LogP contribution in [0.5, 0.6) is 0 Å². The van der Waals surface area contributed by atoms with Crippen LogP contribution in [-0.2, 0) is 22.6 Å². The van der Waals surface area contributed by atoms with Gasteiger partial charge in [0.2, 0.25) is 5.91 Å². The molecule has 2 fully saturated rings. The van der Waals surface area contributed by atoms with E-state index in [9.17, 15) is 4.79 Å². The second-order valence-electron chi connectivity index (χ2n) is 6.88. The number of hydrogen-bond donors (Lipinski definition) is 2. The Morgan fingerprint density at radius 2 is 1.96 bits per heavy atom. The van der Waals surface area contributed by atoms with Crippen molar-refractivity contribution in [3.05, 3.63) is 35.4 Å². The molecule has 24 heavy (non-hydrogen) atoms. The predicted molar refractivity (Wildman–Crippen MR) is 94.6 cm³/mol. The molecule has 2 saturated heterocycles. The Bertz CT molecular complexity index is 506. The van der Waals surface area contributed by atoms with Crippen molar-refractivity contribution in [2.24, 2.45) is 5.92 Å². The Labute approximate surface area is 144 Å². The number of hydrogen-bond acceptors (Lipinski definition) is 4. The highest BCUT2D eigenvalue weighted by molar-refractivity contribution is 5.75. The Morgan fingerprint density at radius 3 is 2.67 bits per heavy atom. The molecule has 132 valence electrons. The summed E-state index contributed by atoms with van der Waals surface area (Å²) in [5.41, 5.74) is 2.48. The number of rotatable bonds is 7.